The van der Waals surface area contributed by atoms with Gasteiger partial charge in [-0.3, -0.25) is 9.59 Å². The zero-order valence-electron chi connectivity index (χ0n) is 15.6. The molecule has 4 nitrogen and oxygen atoms in total. The Kier molecular flexibility index (Phi) is 5.53. The first-order chi connectivity index (χ1) is 13.7. The summed E-state index contributed by atoms with van der Waals surface area (Å²) < 4.78 is 0. The van der Waals surface area contributed by atoms with Crippen molar-refractivity contribution in [3.63, 3.8) is 0 Å². The summed E-state index contributed by atoms with van der Waals surface area (Å²) in [5, 5.41) is 2.91. The molecule has 0 unspecified atom stereocenters. The fourth-order valence-electron chi connectivity index (χ4n) is 3.37. The monoisotopic (exact) mass is 390 g/mol. The standard InChI is InChI=1S/C23H22N2O2S/c26-22(18-7-3-1-4-8-18)24-19-11-9-17(10-12-19)20-13-14-21(28-20)23(27)25-15-5-2-6-16-25/h1,3-4,7-14H,2,5-6,15-16H2,(H,24,26). The Morgan fingerprint density at radius 1 is 0.821 bits per heavy atom. The summed E-state index contributed by atoms with van der Waals surface area (Å²) in [4.78, 5) is 28.7. The molecule has 1 saturated heterocycles. The van der Waals surface area contributed by atoms with Crippen LogP contribution in [0.4, 0.5) is 5.69 Å². The molecule has 3 aromatic rings. The second-order valence-electron chi connectivity index (χ2n) is 6.91. The van der Waals surface area contributed by atoms with E-state index in [4.69, 9.17) is 0 Å². The van der Waals surface area contributed by atoms with Gasteiger partial charge in [0.25, 0.3) is 11.8 Å². The molecule has 2 aromatic carbocycles. The third kappa shape index (κ3) is 4.15. The van der Waals surface area contributed by atoms with Gasteiger partial charge in [-0.1, -0.05) is 30.3 Å². The lowest BCUT2D eigenvalue weighted by Gasteiger charge is -2.26. The van der Waals surface area contributed by atoms with Gasteiger partial charge in [-0.25, -0.2) is 0 Å². The molecular formula is C23H22N2O2S. The van der Waals surface area contributed by atoms with Gasteiger partial charge in [-0.2, -0.15) is 0 Å². The Balaban J connectivity index is 1.43. The van der Waals surface area contributed by atoms with Crippen molar-refractivity contribution in [1.29, 1.82) is 0 Å². The maximum atomic E-state index is 12.6. The fourth-order valence-corrected chi connectivity index (χ4v) is 4.35. The number of carbonyl (C=O) groups is 2. The molecule has 0 spiro atoms. The molecule has 1 N–H and O–H groups in total. The minimum absolute atomic E-state index is 0.126. The lowest BCUT2D eigenvalue weighted by atomic mass is 10.1. The average molecular weight is 391 g/mol. The molecule has 0 atom stereocenters. The van der Waals surface area contributed by atoms with Crippen LogP contribution in [0.1, 0.15) is 39.3 Å². The van der Waals surface area contributed by atoms with Crippen molar-refractivity contribution in [3.8, 4) is 10.4 Å². The molecule has 0 saturated carbocycles. The number of rotatable bonds is 4. The highest BCUT2D eigenvalue weighted by Gasteiger charge is 2.19. The smallest absolute Gasteiger partial charge is 0.263 e. The number of thiophene rings is 1. The largest absolute Gasteiger partial charge is 0.338 e. The summed E-state index contributed by atoms with van der Waals surface area (Å²) in [7, 11) is 0. The predicted octanol–water partition coefficient (Wildman–Crippen LogP) is 5.29. The van der Waals surface area contributed by atoms with E-state index in [0.717, 1.165) is 46.9 Å². The van der Waals surface area contributed by atoms with Gasteiger partial charge in [-0.05, 0) is 61.2 Å². The van der Waals surface area contributed by atoms with E-state index in [9.17, 15) is 9.59 Å². The molecule has 0 aliphatic carbocycles. The van der Waals surface area contributed by atoms with E-state index in [1.807, 2.05) is 59.5 Å². The Morgan fingerprint density at radius 3 is 2.25 bits per heavy atom. The lowest BCUT2D eigenvalue weighted by Crippen LogP contribution is -2.35. The number of hydrogen-bond donors (Lipinski definition) is 1. The van der Waals surface area contributed by atoms with Crippen molar-refractivity contribution in [2.75, 3.05) is 18.4 Å². The number of amides is 2. The number of anilines is 1. The van der Waals surface area contributed by atoms with Crippen LogP contribution >= 0.6 is 11.3 Å². The van der Waals surface area contributed by atoms with Crippen LogP contribution in [0, 0.1) is 0 Å². The number of nitrogens with zero attached hydrogens (tertiary/aromatic N) is 1. The van der Waals surface area contributed by atoms with Crippen LogP contribution in [-0.4, -0.2) is 29.8 Å². The number of piperidine rings is 1. The van der Waals surface area contributed by atoms with Crippen molar-refractivity contribution in [3.05, 3.63) is 77.2 Å². The van der Waals surface area contributed by atoms with Gasteiger partial charge < -0.3 is 10.2 Å². The van der Waals surface area contributed by atoms with Crippen molar-refractivity contribution in [1.82, 2.24) is 4.90 Å². The van der Waals surface area contributed by atoms with Gasteiger partial charge in [0, 0.05) is 29.2 Å². The minimum Gasteiger partial charge on any atom is -0.338 e. The van der Waals surface area contributed by atoms with E-state index >= 15 is 0 Å². The third-order valence-electron chi connectivity index (χ3n) is 4.92. The summed E-state index contributed by atoms with van der Waals surface area (Å²) in [6, 6.07) is 20.8. The highest BCUT2D eigenvalue weighted by molar-refractivity contribution is 7.17. The van der Waals surface area contributed by atoms with Crippen LogP contribution in [0.2, 0.25) is 0 Å². The van der Waals surface area contributed by atoms with Crippen LogP contribution in [0.5, 0.6) is 0 Å². The summed E-state index contributed by atoms with van der Waals surface area (Å²) in [6.07, 6.45) is 3.41. The molecule has 1 aromatic heterocycles. The summed E-state index contributed by atoms with van der Waals surface area (Å²) in [5.74, 6) is 0.0154. The molecule has 2 heterocycles. The van der Waals surface area contributed by atoms with E-state index < -0.39 is 0 Å². The fraction of sp³-hybridized carbons (Fsp3) is 0.217. The van der Waals surface area contributed by atoms with Gasteiger partial charge in [0.2, 0.25) is 0 Å². The zero-order valence-corrected chi connectivity index (χ0v) is 16.4. The van der Waals surface area contributed by atoms with E-state index in [1.54, 1.807) is 12.1 Å². The van der Waals surface area contributed by atoms with Gasteiger partial charge >= 0.3 is 0 Å². The number of likely N-dealkylation sites (tertiary alicyclic amines) is 1. The van der Waals surface area contributed by atoms with Gasteiger partial charge in [0.1, 0.15) is 0 Å². The van der Waals surface area contributed by atoms with E-state index in [-0.39, 0.29) is 11.8 Å². The molecule has 5 heteroatoms. The number of nitrogens with one attached hydrogen (secondary N) is 1. The van der Waals surface area contributed by atoms with Crippen molar-refractivity contribution in [2.24, 2.45) is 0 Å². The number of hydrogen-bond acceptors (Lipinski definition) is 3. The summed E-state index contributed by atoms with van der Waals surface area (Å²) in [5.41, 5.74) is 2.42. The quantitative estimate of drug-likeness (QED) is 0.658. The minimum atomic E-state index is -0.126. The Bertz CT molecular complexity index is 958. The first kappa shape index (κ1) is 18.4. The molecule has 1 aliphatic heterocycles. The van der Waals surface area contributed by atoms with Gasteiger partial charge in [0.15, 0.2) is 0 Å². The second kappa shape index (κ2) is 8.40. The molecule has 0 bridgehead atoms. The maximum Gasteiger partial charge on any atom is 0.263 e. The van der Waals surface area contributed by atoms with Gasteiger partial charge in [0.05, 0.1) is 4.88 Å². The normalized spacial score (nSPS) is 13.9. The van der Waals surface area contributed by atoms with E-state index in [0.29, 0.717) is 5.56 Å². The van der Waals surface area contributed by atoms with Crippen LogP contribution in [-0.2, 0) is 0 Å². The van der Waals surface area contributed by atoms with E-state index in [1.165, 1.54) is 17.8 Å². The van der Waals surface area contributed by atoms with Crippen molar-refractivity contribution < 1.29 is 9.59 Å². The number of carbonyl (C=O) groups excluding carboxylic acids is 2. The Morgan fingerprint density at radius 2 is 1.54 bits per heavy atom. The van der Waals surface area contributed by atoms with Crippen LogP contribution < -0.4 is 5.32 Å². The molecule has 4 rings (SSSR count). The summed E-state index contributed by atoms with van der Waals surface area (Å²) >= 11 is 1.53. The number of benzene rings is 2. The van der Waals surface area contributed by atoms with E-state index in [2.05, 4.69) is 5.32 Å². The zero-order chi connectivity index (χ0) is 19.3. The lowest BCUT2D eigenvalue weighted by molar-refractivity contribution is 0.0729. The topological polar surface area (TPSA) is 49.4 Å². The van der Waals surface area contributed by atoms with Crippen molar-refractivity contribution >= 4 is 28.8 Å². The first-order valence-corrected chi connectivity index (χ1v) is 10.4. The summed E-state index contributed by atoms with van der Waals surface area (Å²) in [6.45, 7) is 1.73. The molecule has 2 amide bonds. The van der Waals surface area contributed by atoms with Crippen LogP contribution in [0.15, 0.2) is 66.7 Å². The molecule has 142 valence electrons. The highest BCUT2D eigenvalue weighted by atomic mass is 32.1. The Labute approximate surface area is 168 Å². The second-order valence-corrected chi connectivity index (χ2v) is 8.00. The Hall–Kier alpha value is -2.92. The van der Waals surface area contributed by atoms with Crippen LogP contribution in [0.3, 0.4) is 0 Å². The SMILES string of the molecule is O=C(Nc1ccc(-c2ccc(C(=O)N3CCCCC3)s2)cc1)c1ccccc1. The third-order valence-corrected chi connectivity index (χ3v) is 6.05. The predicted molar refractivity (Wildman–Crippen MR) is 114 cm³/mol. The highest BCUT2D eigenvalue weighted by Crippen LogP contribution is 2.30. The molecule has 1 aliphatic rings. The van der Waals surface area contributed by atoms with Gasteiger partial charge in [-0.15, -0.1) is 11.3 Å². The van der Waals surface area contributed by atoms with Crippen LogP contribution in [0.25, 0.3) is 10.4 Å². The van der Waals surface area contributed by atoms with Crippen molar-refractivity contribution in [2.45, 2.75) is 19.3 Å². The molecule has 0 radical (unpaired) electrons. The molecular weight excluding hydrogens is 368 g/mol. The molecule has 1 fully saturated rings. The first-order valence-electron chi connectivity index (χ1n) is 9.57. The average Bonchev–Trinajstić information content (AvgIpc) is 3.25. The maximum absolute atomic E-state index is 12.6. The molecule has 28 heavy (non-hydrogen) atoms.